The van der Waals surface area contributed by atoms with Crippen LogP contribution in [0.4, 0.5) is 4.39 Å². The third-order valence-electron chi connectivity index (χ3n) is 3.11. The van der Waals surface area contributed by atoms with Crippen molar-refractivity contribution in [2.45, 2.75) is 25.9 Å². The molecular formula is C14H22ClFN2O. The number of nitrogens with two attached hydrogens (primary N) is 1. The molecule has 0 aliphatic heterocycles. The van der Waals surface area contributed by atoms with Crippen LogP contribution in [-0.2, 0) is 4.74 Å². The first-order chi connectivity index (χ1) is 8.99. The molecule has 0 aromatic heterocycles. The second kappa shape index (κ2) is 7.80. The molecule has 108 valence electrons. The maximum absolute atomic E-state index is 13.5. The van der Waals surface area contributed by atoms with Crippen molar-refractivity contribution in [3.8, 4) is 0 Å². The van der Waals surface area contributed by atoms with Gasteiger partial charge >= 0.3 is 0 Å². The molecule has 0 bridgehead atoms. The van der Waals surface area contributed by atoms with E-state index in [1.165, 1.54) is 12.1 Å². The Balaban J connectivity index is 3.01. The normalized spacial score (nSPS) is 13.3. The van der Waals surface area contributed by atoms with Crippen molar-refractivity contribution in [1.29, 1.82) is 0 Å². The molecule has 0 radical (unpaired) electrons. The summed E-state index contributed by atoms with van der Waals surface area (Å²) >= 11 is 5.92. The predicted octanol–water partition coefficient (Wildman–Crippen LogP) is 2.84. The lowest BCUT2D eigenvalue weighted by molar-refractivity contribution is 0.0978. The van der Waals surface area contributed by atoms with Gasteiger partial charge < -0.3 is 10.5 Å². The second-order valence-electron chi connectivity index (χ2n) is 4.78. The monoisotopic (exact) mass is 288 g/mol. The summed E-state index contributed by atoms with van der Waals surface area (Å²) in [5.41, 5.74) is 6.67. The van der Waals surface area contributed by atoms with E-state index < -0.39 is 0 Å². The van der Waals surface area contributed by atoms with Gasteiger partial charge in [-0.2, -0.15) is 0 Å². The summed E-state index contributed by atoms with van der Waals surface area (Å²) in [4.78, 5) is 2.19. The third kappa shape index (κ3) is 4.73. The molecule has 5 heteroatoms. The van der Waals surface area contributed by atoms with Crippen LogP contribution < -0.4 is 5.73 Å². The molecule has 19 heavy (non-hydrogen) atoms. The summed E-state index contributed by atoms with van der Waals surface area (Å²) in [5, 5.41) is 0.392. The number of halogens is 2. The molecule has 1 aromatic rings. The van der Waals surface area contributed by atoms with E-state index in [0.717, 1.165) is 12.1 Å². The van der Waals surface area contributed by atoms with Crippen LogP contribution in [0.5, 0.6) is 0 Å². The van der Waals surface area contributed by atoms with Crippen molar-refractivity contribution < 1.29 is 9.13 Å². The SMILES string of the molecule is COCCN(C(C)C)C(CN)c1cc(F)cc(Cl)c1. The van der Waals surface area contributed by atoms with Crippen molar-refractivity contribution >= 4 is 11.6 Å². The Bertz CT molecular complexity index is 381. The minimum absolute atomic E-state index is 0.0663. The van der Waals surface area contributed by atoms with Crippen LogP contribution in [0.3, 0.4) is 0 Å². The summed E-state index contributed by atoms with van der Waals surface area (Å²) in [7, 11) is 1.66. The summed E-state index contributed by atoms with van der Waals surface area (Å²) < 4.78 is 18.6. The molecule has 3 nitrogen and oxygen atoms in total. The van der Waals surface area contributed by atoms with Gasteiger partial charge in [0.15, 0.2) is 0 Å². The fraction of sp³-hybridized carbons (Fsp3) is 0.571. The van der Waals surface area contributed by atoms with E-state index in [1.54, 1.807) is 13.2 Å². The van der Waals surface area contributed by atoms with Crippen LogP contribution in [0.2, 0.25) is 5.02 Å². The standard InChI is InChI=1S/C14H22ClFN2O/c1-10(2)18(4-5-19-3)14(9-17)11-6-12(15)8-13(16)7-11/h6-8,10,14H,4-5,9,17H2,1-3H3. The van der Waals surface area contributed by atoms with Crippen LogP contribution in [0.25, 0.3) is 0 Å². The van der Waals surface area contributed by atoms with Crippen molar-refractivity contribution in [2.75, 3.05) is 26.8 Å². The van der Waals surface area contributed by atoms with Crippen LogP contribution in [0, 0.1) is 5.82 Å². The van der Waals surface area contributed by atoms with Gasteiger partial charge in [0.1, 0.15) is 5.82 Å². The highest BCUT2D eigenvalue weighted by Crippen LogP contribution is 2.25. The van der Waals surface area contributed by atoms with Crippen molar-refractivity contribution in [2.24, 2.45) is 5.73 Å². The second-order valence-corrected chi connectivity index (χ2v) is 5.22. The first-order valence-electron chi connectivity index (χ1n) is 6.40. The number of ether oxygens (including phenoxy) is 1. The zero-order valence-electron chi connectivity index (χ0n) is 11.7. The average Bonchev–Trinajstić information content (AvgIpc) is 2.32. The molecule has 0 aliphatic carbocycles. The maximum atomic E-state index is 13.5. The molecule has 0 saturated heterocycles. The fourth-order valence-corrected chi connectivity index (χ4v) is 2.43. The topological polar surface area (TPSA) is 38.5 Å². The molecule has 0 spiro atoms. The first kappa shape index (κ1) is 16.4. The van der Waals surface area contributed by atoms with Gasteiger partial charge in [-0.15, -0.1) is 0 Å². The van der Waals surface area contributed by atoms with Crippen LogP contribution in [0.15, 0.2) is 18.2 Å². The number of hydrogen-bond acceptors (Lipinski definition) is 3. The highest BCUT2D eigenvalue weighted by atomic mass is 35.5. The Morgan fingerprint density at radius 1 is 1.37 bits per heavy atom. The largest absolute Gasteiger partial charge is 0.383 e. The number of hydrogen-bond donors (Lipinski definition) is 1. The summed E-state index contributed by atoms with van der Waals surface area (Å²) in [5.74, 6) is -0.337. The summed E-state index contributed by atoms with van der Waals surface area (Å²) in [6, 6.07) is 4.78. The van der Waals surface area contributed by atoms with Gasteiger partial charge in [-0.3, -0.25) is 4.90 Å². The van der Waals surface area contributed by atoms with E-state index in [0.29, 0.717) is 18.2 Å². The quantitative estimate of drug-likeness (QED) is 0.838. The molecule has 2 N–H and O–H groups in total. The number of benzene rings is 1. The van der Waals surface area contributed by atoms with Gasteiger partial charge in [-0.05, 0) is 37.6 Å². The van der Waals surface area contributed by atoms with Gasteiger partial charge in [0.2, 0.25) is 0 Å². The molecule has 0 saturated carbocycles. The molecule has 1 unspecified atom stereocenters. The first-order valence-corrected chi connectivity index (χ1v) is 6.78. The van der Waals surface area contributed by atoms with E-state index >= 15 is 0 Å². The lowest BCUT2D eigenvalue weighted by atomic mass is 10.0. The van der Waals surface area contributed by atoms with Crippen LogP contribution in [-0.4, -0.2) is 37.7 Å². The zero-order valence-corrected chi connectivity index (χ0v) is 12.5. The Labute approximate surface area is 119 Å². The molecule has 0 heterocycles. The zero-order chi connectivity index (χ0) is 14.4. The lowest BCUT2D eigenvalue weighted by Crippen LogP contribution is -2.40. The van der Waals surface area contributed by atoms with E-state index in [2.05, 4.69) is 18.7 Å². The molecule has 0 amide bonds. The Morgan fingerprint density at radius 3 is 2.53 bits per heavy atom. The number of rotatable bonds is 7. The number of methoxy groups -OCH3 is 1. The van der Waals surface area contributed by atoms with E-state index in [-0.39, 0.29) is 17.9 Å². The summed E-state index contributed by atoms with van der Waals surface area (Å²) in [6.07, 6.45) is 0. The highest BCUT2D eigenvalue weighted by molar-refractivity contribution is 6.30. The molecule has 1 rings (SSSR count). The molecule has 0 aliphatic rings. The molecule has 1 atom stereocenters. The Morgan fingerprint density at radius 2 is 2.05 bits per heavy atom. The molecule has 1 aromatic carbocycles. The van der Waals surface area contributed by atoms with E-state index in [4.69, 9.17) is 22.1 Å². The van der Waals surface area contributed by atoms with Crippen molar-refractivity contribution in [3.63, 3.8) is 0 Å². The summed E-state index contributed by atoms with van der Waals surface area (Å²) in [6.45, 7) is 5.92. The predicted molar refractivity (Wildman–Crippen MR) is 76.9 cm³/mol. The minimum Gasteiger partial charge on any atom is -0.383 e. The minimum atomic E-state index is -0.337. The van der Waals surface area contributed by atoms with Crippen molar-refractivity contribution in [3.05, 3.63) is 34.6 Å². The molecular weight excluding hydrogens is 267 g/mol. The van der Waals surface area contributed by atoms with E-state index in [1.807, 2.05) is 0 Å². The van der Waals surface area contributed by atoms with Crippen molar-refractivity contribution in [1.82, 2.24) is 4.90 Å². The van der Waals surface area contributed by atoms with Crippen LogP contribution >= 0.6 is 11.6 Å². The van der Waals surface area contributed by atoms with Crippen LogP contribution in [0.1, 0.15) is 25.5 Å². The average molecular weight is 289 g/mol. The fourth-order valence-electron chi connectivity index (χ4n) is 2.20. The highest BCUT2D eigenvalue weighted by Gasteiger charge is 2.22. The maximum Gasteiger partial charge on any atom is 0.125 e. The van der Waals surface area contributed by atoms with Gasteiger partial charge in [-0.1, -0.05) is 11.6 Å². The van der Waals surface area contributed by atoms with Gasteiger partial charge in [0, 0.05) is 37.3 Å². The number of nitrogens with zero attached hydrogens (tertiary/aromatic N) is 1. The Kier molecular flexibility index (Phi) is 6.72. The third-order valence-corrected chi connectivity index (χ3v) is 3.33. The lowest BCUT2D eigenvalue weighted by Gasteiger charge is -2.34. The molecule has 0 fully saturated rings. The Hall–Kier alpha value is -0.680. The smallest absolute Gasteiger partial charge is 0.125 e. The van der Waals surface area contributed by atoms with Gasteiger partial charge in [-0.25, -0.2) is 4.39 Å². The van der Waals surface area contributed by atoms with Gasteiger partial charge in [0.25, 0.3) is 0 Å². The van der Waals surface area contributed by atoms with Gasteiger partial charge in [0.05, 0.1) is 6.61 Å². The van der Waals surface area contributed by atoms with E-state index in [9.17, 15) is 4.39 Å².